The minimum absolute atomic E-state index is 0.0339. The van der Waals surface area contributed by atoms with Crippen molar-refractivity contribution in [3.8, 4) is 0 Å². The number of halogens is 1. The molecule has 1 saturated carbocycles. The van der Waals surface area contributed by atoms with Gasteiger partial charge < -0.3 is 5.32 Å². The fourth-order valence-electron chi connectivity index (χ4n) is 2.25. The summed E-state index contributed by atoms with van der Waals surface area (Å²) in [5.41, 5.74) is 0.724. The Kier molecular flexibility index (Phi) is 3.64. The monoisotopic (exact) mass is 281 g/mol. The smallest absolute Gasteiger partial charge is 0.252 e. The molecule has 1 aromatic carbocycles. The number of nitrogens with one attached hydrogen (secondary N) is 1. The maximum Gasteiger partial charge on any atom is 0.252 e. The number of hydrogen-bond donors (Lipinski definition) is 1. The molecule has 0 radical (unpaired) electrons. The Bertz CT molecular complexity index is 391. The van der Waals surface area contributed by atoms with Crippen LogP contribution in [0.25, 0.3) is 0 Å². The molecule has 86 valence electrons. The van der Waals surface area contributed by atoms with Crippen molar-refractivity contribution in [2.75, 3.05) is 0 Å². The summed E-state index contributed by atoms with van der Waals surface area (Å²) < 4.78 is 0.860. The van der Waals surface area contributed by atoms with Crippen molar-refractivity contribution in [1.82, 2.24) is 5.32 Å². The van der Waals surface area contributed by atoms with Crippen molar-refractivity contribution in [3.05, 3.63) is 34.3 Å². The molecule has 0 aromatic heterocycles. The van der Waals surface area contributed by atoms with E-state index < -0.39 is 0 Å². The second-order valence-electron chi connectivity index (χ2n) is 4.57. The summed E-state index contributed by atoms with van der Waals surface area (Å²) in [7, 11) is 0. The lowest BCUT2D eigenvalue weighted by molar-refractivity contribution is 0.0936. The highest BCUT2D eigenvalue weighted by atomic mass is 79.9. The number of benzene rings is 1. The summed E-state index contributed by atoms with van der Waals surface area (Å²) in [5.74, 6) is 0.774. The minimum atomic E-state index is 0.0339. The third-order valence-electron chi connectivity index (χ3n) is 3.15. The van der Waals surface area contributed by atoms with E-state index in [4.69, 9.17) is 0 Å². The number of amides is 1. The molecule has 1 aromatic rings. The summed E-state index contributed by atoms with van der Waals surface area (Å²) in [5, 5.41) is 3.10. The Labute approximate surface area is 105 Å². The van der Waals surface area contributed by atoms with Crippen molar-refractivity contribution in [2.45, 2.75) is 32.2 Å². The third-order valence-corrected chi connectivity index (χ3v) is 3.84. The molecular weight excluding hydrogens is 266 g/mol. The maximum atomic E-state index is 12.0. The van der Waals surface area contributed by atoms with Gasteiger partial charge in [0.1, 0.15) is 0 Å². The minimum Gasteiger partial charge on any atom is -0.349 e. The second-order valence-corrected chi connectivity index (χ2v) is 5.42. The Morgan fingerprint density at radius 3 is 2.75 bits per heavy atom. The van der Waals surface area contributed by atoms with E-state index >= 15 is 0 Å². The molecule has 0 spiro atoms. The van der Waals surface area contributed by atoms with Crippen LogP contribution >= 0.6 is 15.9 Å². The van der Waals surface area contributed by atoms with E-state index in [1.54, 1.807) is 0 Å². The molecular formula is C13H16BrNO. The van der Waals surface area contributed by atoms with Gasteiger partial charge in [0.05, 0.1) is 5.56 Å². The molecule has 1 N–H and O–H groups in total. The molecule has 3 heteroatoms. The molecule has 1 amide bonds. The van der Waals surface area contributed by atoms with E-state index in [0.717, 1.165) is 28.8 Å². The summed E-state index contributed by atoms with van der Waals surface area (Å²) in [6.45, 7) is 2.24. The van der Waals surface area contributed by atoms with Crippen molar-refractivity contribution >= 4 is 21.8 Å². The Hall–Kier alpha value is -0.830. The van der Waals surface area contributed by atoms with Gasteiger partial charge in [-0.3, -0.25) is 4.79 Å². The SMILES string of the molecule is CC1CCC(NC(=O)c2ccccc2Br)C1. The Balaban J connectivity index is 2.01. The molecule has 16 heavy (non-hydrogen) atoms. The predicted molar refractivity (Wildman–Crippen MR) is 68.4 cm³/mol. The average molecular weight is 282 g/mol. The van der Waals surface area contributed by atoms with Gasteiger partial charge in [-0.2, -0.15) is 0 Å². The van der Waals surface area contributed by atoms with Crippen LogP contribution in [-0.2, 0) is 0 Å². The van der Waals surface area contributed by atoms with Crippen LogP contribution in [0.15, 0.2) is 28.7 Å². The summed E-state index contributed by atoms with van der Waals surface area (Å²) in [6.07, 6.45) is 3.44. The zero-order chi connectivity index (χ0) is 11.5. The lowest BCUT2D eigenvalue weighted by atomic mass is 10.1. The highest BCUT2D eigenvalue weighted by Crippen LogP contribution is 2.25. The molecule has 0 bridgehead atoms. The topological polar surface area (TPSA) is 29.1 Å². The van der Waals surface area contributed by atoms with Gasteiger partial charge in [-0.05, 0) is 53.2 Å². The van der Waals surface area contributed by atoms with Crippen LogP contribution in [0.5, 0.6) is 0 Å². The molecule has 2 unspecified atom stereocenters. The first-order valence-electron chi connectivity index (χ1n) is 5.72. The summed E-state index contributed by atoms with van der Waals surface area (Å²) in [6, 6.07) is 7.90. The quantitative estimate of drug-likeness (QED) is 0.885. The summed E-state index contributed by atoms with van der Waals surface area (Å²) in [4.78, 5) is 12.0. The van der Waals surface area contributed by atoms with E-state index in [0.29, 0.717) is 6.04 Å². The highest BCUT2D eigenvalue weighted by Gasteiger charge is 2.23. The first-order valence-corrected chi connectivity index (χ1v) is 6.51. The number of rotatable bonds is 2. The van der Waals surface area contributed by atoms with Crippen LogP contribution in [0, 0.1) is 5.92 Å². The van der Waals surface area contributed by atoms with E-state index in [-0.39, 0.29) is 5.91 Å². The van der Waals surface area contributed by atoms with E-state index in [1.807, 2.05) is 24.3 Å². The largest absolute Gasteiger partial charge is 0.349 e. The standard InChI is InChI=1S/C13H16BrNO/c1-9-6-7-10(8-9)15-13(16)11-4-2-3-5-12(11)14/h2-5,9-10H,6-8H2,1H3,(H,15,16). The van der Waals surface area contributed by atoms with Gasteiger partial charge in [0.15, 0.2) is 0 Å². The van der Waals surface area contributed by atoms with Gasteiger partial charge in [-0.25, -0.2) is 0 Å². The zero-order valence-corrected chi connectivity index (χ0v) is 11.0. The van der Waals surface area contributed by atoms with Gasteiger partial charge in [0.25, 0.3) is 5.91 Å². The molecule has 2 nitrogen and oxygen atoms in total. The molecule has 1 fully saturated rings. The molecule has 2 atom stereocenters. The molecule has 0 aliphatic heterocycles. The van der Waals surface area contributed by atoms with Gasteiger partial charge >= 0.3 is 0 Å². The Morgan fingerprint density at radius 1 is 1.38 bits per heavy atom. The van der Waals surface area contributed by atoms with Crippen molar-refractivity contribution in [1.29, 1.82) is 0 Å². The van der Waals surface area contributed by atoms with Crippen molar-refractivity contribution in [2.24, 2.45) is 5.92 Å². The molecule has 1 aliphatic rings. The van der Waals surface area contributed by atoms with E-state index in [2.05, 4.69) is 28.2 Å². The van der Waals surface area contributed by atoms with E-state index in [9.17, 15) is 4.79 Å². The number of carbonyl (C=O) groups is 1. The normalized spacial score (nSPS) is 24.4. The molecule has 0 saturated heterocycles. The molecule has 2 rings (SSSR count). The van der Waals surface area contributed by atoms with Crippen LogP contribution in [0.3, 0.4) is 0 Å². The van der Waals surface area contributed by atoms with Gasteiger partial charge in [-0.1, -0.05) is 19.1 Å². The first kappa shape index (κ1) is 11.6. The van der Waals surface area contributed by atoms with Crippen LogP contribution in [0.2, 0.25) is 0 Å². The highest BCUT2D eigenvalue weighted by molar-refractivity contribution is 9.10. The second kappa shape index (κ2) is 5.00. The average Bonchev–Trinajstić information content (AvgIpc) is 2.64. The fraction of sp³-hybridized carbons (Fsp3) is 0.462. The third kappa shape index (κ3) is 2.64. The molecule has 0 heterocycles. The van der Waals surface area contributed by atoms with Crippen LogP contribution in [0.1, 0.15) is 36.5 Å². The van der Waals surface area contributed by atoms with E-state index in [1.165, 1.54) is 6.42 Å². The number of hydrogen-bond acceptors (Lipinski definition) is 1. The van der Waals surface area contributed by atoms with Crippen LogP contribution < -0.4 is 5.32 Å². The number of carbonyl (C=O) groups excluding carboxylic acids is 1. The van der Waals surface area contributed by atoms with Crippen molar-refractivity contribution < 1.29 is 4.79 Å². The maximum absolute atomic E-state index is 12.0. The molecule has 1 aliphatic carbocycles. The van der Waals surface area contributed by atoms with Gasteiger partial charge in [0.2, 0.25) is 0 Å². The summed E-state index contributed by atoms with van der Waals surface area (Å²) >= 11 is 3.40. The lowest BCUT2D eigenvalue weighted by Gasteiger charge is -2.13. The predicted octanol–water partition coefficient (Wildman–Crippen LogP) is 3.37. The van der Waals surface area contributed by atoms with Gasteiger partial charge in [-0.15, -0.1) is 0 Å². The first-order chi connectivity index (χ1) is 7.66. The van der Waals surface area contributed by atoms with Gasteiger partial charge in [0, 0.05) is 10.5 Å². The van der Waals surface area contributed by atoms with Crippen LogP contribution in [-0.4, -0.2) is 11.9 Å². The Morgan fingerprint density at radius 2 is 2.12 bits per heavy atom. The zero-order valence-electron chi connectivity index (χ0n) is 9.37. The van der Waals surface area contributed by atoms with Crippen molar-refractivity contribution in [3.63, 3.8) is 0 Å². The van der Waals surface area contributed by atoms with Crippen LogP contribution in [0.4, 0.5) is 0 Å². The lowest BCUT2D eigenvalue weighted by Crippen LogP contribution is -2.33. The fourth-order valence-corrected chi connectivity index (χ4v) is 2.71.